The zero-order valence-electron chi connectivity index (χ0n) is 11.4. The summed E-state index contributed by atoms with van der Waals surface area (Å²) in [6.45, 7) is 2.77. The van der Waals surface area contributed by atoms with Gasteiger partial charge in [-0.2, -0.15) is 0 Å². The molecule has 0 spiro atoms. The number of carbonyl (C=O) groups excluding carboxylic acids is 1. The SMILES string of the molecule is CCCN(C)C(=O)c1sc2cccc(OC)c2c1N. The second kappa shape index (κ2) is 5.48. The number of nitrogen functional groups attached to an aromatic ring is 1. The minimum Gasteiger partial charge on any atom is -0.496 e. The van der Waals surface area contributed by atoms with E-state index < -0.39 is 0 Å². The predicted octanol–water partition coefficient (Wildman–Crippen LogP) is 2.97. The number of rotatable bonds is 4. The van der Waals surface area contributed by atoms with Crippen molar-refractivity contribution in [1.82, 2.24) is 4.90 Å². The van der Waals surface area contributed by atoms with E-state index in [4.69, 9.17) is 10.5 Å². The molecule has 0 aliphatic rings. The predicted molar refractivity (Wildman–Crippen MR) is 80.0 cm³/mol. The molecule has 0 radical (unpaired) electrons. The van der Waals surface area contributed by atoms with Crippen LogP contribution in [0.3, 0.4) is 0 Å². The topological polar surface area (TPSA) is 55.6 Å². The van der Waals surface area contributed by atoms with Gasteiger partial charge in [-0.25, -0.2) is 0 Å². The number of amides is 1. The summed E-state index contributed by atoms with van der Waals surface area (Å²) in [5.74, 6) is 0.686. The molecular weight excluding hydrogens is 260 g/mol. The van der Waals surface area contributed by atoms with Crippen LogP contribution in [0.5, 0.6) is 5.75 Å². The lowest BCUT2D eigenvalue weighted by molar-refractivity contribution is 0.0801. The number of thiophene rings is 1. The number of anilines is 1. The van der Waals surface area contributed by atoms with Gasteiger partial charge >= 0.3 is 0 Å². The Morgan fingerprint density at radius 3 is 2.84 bits per heavy atom. The average Bonchev–Trinajstić information content (AvgIpc) is 2.75. The highest BCUT2D eigenvalue weighted by atomic mass is 32.1. The Kier molecular flexibility index (Phi) is 3.95. The van der Waals surface area contributed by atoms with E-state index in [-0.39, 0.29) is 5.91 Å². The lowest BCUT2D eigenvalue weighted by Gasteiger charge is -2.15. The molecule has 4 nitrogen and oxygen atoms in total. The zero-order chi connectivity index (χ0) is 14.0. The van der Waals surface area contributed by atoms with Crippen LogP contribution in [0.2, 0.25) is 0 Å². The van der Waals surface area contributed by atoms with Gasteiger partial charge in [0.15, 0.2) is 0 Å². The summed E-state index contributed by atoms with van der Waals surface area (Å²) >= 11 is 1.42. The highest BCUT2D eigenvalue weighted by Crippen LogP contribution is 2.39. The second-order valence-corrected chi connectivity index (χ2v) is 5.46. The summed E-state index contributed by atoms with van der Waals surface area (Å²) in [5, 5.41) is 0.836. The summed E-state index contributed by atoms with van der Waals surface area (Å²) in [6.07, 6.45) is 0.927. The number of hydrogen-bond acceptors (Lipinski definition) is 4. The third-order valence-corrected chi connectivity index (χ3v) is 4.19. The Morgan fingerprint density at radius 2 is 2.21 bits per heavy atom. The largest absolute Gasteiger partial charge is 0.496 e. The van der Waals surface area contributed by atoms with Crippen molar-refractivity contribution in [2.45, 2.75) is 13.3 Å². The first-order valence-electron chi connectivity index (χ1n) is 6.20. The molecule has 1 aromatic carbocycles. The zero-order valence-corrected chi connectivity index (χ0v) is 12.2. The number of ether oxygens (including phenoxy) is 1. The summed E-state index contributed by atoms with van der Waals surface area (Å²) in [4.78, 5) is 14.6. The Labute approximate surface area is 116 Å². The number of benzene rings is 1. The van der Waals surface area contributed by atoms with Gasteiger partial charge in [0, 0.05) is 18.3 Å². The number of carbonyl (C=O) groups is 1. The van der Waals surface area contributed by atoms with Crippen molar-refractivity contribution in [1.29, 1.82) is 0 Å². The molecule has 0 aliphatic heterocycles. The van der Waals surface area contributed by atoms with E-state index in [2.05, 4.69) is 0 Å². The van der Waals surface area contributed by atoms with Crippen LogP contribution in [0, 0.1) is 0 Å². The van der Waals surface area contributed by atoms with Crippen molar-refractivity contribution >= 4 is 33.0 Å². The van der Waals surface area contributed by atoms with Gasteiger partial charge in [-0.3, -0.25) is 4.79 Å². The van der Waals surface area contributed by atoms with Gasteiger partial charge in [0.05, 0.1) is 18.2 Å². The fourth-order valence-electron chi connectivity index (χ4n) is 2.08. The van der Waals surface area contributed by atoms with Crippen molar-refractivity contribution in [3.8, 4) is 5.75 Å². The quantitative estimate of drug-likeness (QED) is 0.935. The van der Waals surface area contributed by atoms with E-state index in [9.17, 15) is 4.79 Å². The van der Waals surface area contributed by atoms with Crippen molar-refractivity contribution in [2.24, 2.45) is 0 Å². The normalized spacial score (nSPS) is 10.7. The number of methoxy groups -OCH3 is 1. The minimum atomic E-state index is -0.0254. The van der Waals surface area contributed by atoms with Crippen molar-refractivity contribution in [3.05, 3.63) is 23.1 Å². The van der Waals surface area contributed by atoms with Crippen LogP contribution in [0.4, 0.5) is 5.69 Å². The third-order valence-electron chi connectivity index (χ3n) is 3.03. The first kappa shape index (κ1) is 13.7. The first-order chi connectivity index (χ1) is 9.10. The fourth-order valence-corrected chi connectivity index (χ4v) is 3.21. The molecule has 5 heteroatoms. The van der Waals surface area contributed by atoms with E-state index in [1.165, 1.54) is 11.3 Å². The van der Waals surface area contributed by atoms with Gasteiger partial charge in [0.25, 0.3) is 5.91 Å². The van der Waals surface area contributed by atoms with E-state index in [0.29, 0.717) is 16.3 Å². The maximum Gasteiger partial charge on any atom is 0.265 e. The van der Waals surface area contributed by atoms with Crippen molar-refractivity contribution in [2.75, 3.05) is 26.4 Å². The molecule has 102 valence electrons. The lowest BCUT2D eigenvalue weighted by Crippen LogP contribution is -2.27. The molecule has 1 aromatic heterocycles. The van der Waals surface area contributed by atoms with Gasteiger partial charge < -0.3 is 15.4 Å². The second-order valence-electron chi connectivity index (χ2n) is 4.40. The maximum atomic E-state index is 12.3. The summed E-state index contributed by atoms with van der Waals surface area (Å²) in [7, 11) is 3.41. The van der Waals surface area contributed by atoms with Gasteiger partial charge in [-0.15, -0.1) is 11.3 Å². The van der Waals surface area contributed by atoms with Crippen molar-refractivity contribution in [3.63, 3.8) is 0 Å². The molecule has 2 rings (SSSR count). The highest BCUT2D eigenvalue weighted by molar-refractivity contribution is 7.21. The molecule has 0 fully saturated rings. The van der Waals surface area contributed by atoms with Crippen LogP contribution in [0.1, 0.15) is 23.0 Å². The summed E-state index contributed by atoms with van der Waals surface area (Å²) < 4.78 is 6.29. The molecule has 0 saturated heterocycles. The van der Waals surface area contributed by atoms with E-state index in [0.717, 1.165) is 23.1 Å². The summed E-state index contributed by atoms with van der Waals surface area (Å²) in [5.41, 5.74) is 6.65. The molecule has 2 aromatic rings. The Bertz CT molecular complexity index is 607. The molecule has 0 aliphatic carbocycles. The fraction of sp³-hybridized carbons (Fsp3) is 0.357. The maximum absolute atomic E-state index is 12.3. The van der Waals surface area contributed by atoms with Crippen LogP contribution >= 0.6 is 11.3 Å². The molecule has 0 atom stereocenters. The number of nitrogens with zero attached hydrogens (tertiary/aromatic N) is 1. The molecule has 1 heterocycles. The Hall–Kier alpha value is -1.75. The molecule has 0 unspecified atom stereocenters. The number of fused-ring (bicyclic) bond motifs is 1. The smallest absolute Gasteiger partial charge is 0.265 e. The minimum absolute atomic E-state index is 0.0254. The van der Waals surface area contributed by atoms with E-state index >= 15 is 0 Å². The van der Waals surface area contributed by atoms with Crippen molar-refractivity contribution < 1.29 is 9.53 Å². The molecule has 0 saturated carbocycles. The summed E-state index contributed by atoms with van der Waals surface area (Å²) in [6, 6.07) is 5.71. The average molecular weight is 278 g/mol. The standard InChI is InChI=1S/C14H18N2O2S/c1-4-8-16(2)14(17)13-12(15)11-9(18-3)6-5-7-10(11)19-13/h5-7H,4,8,15H2,1-3H3. The molecule has 2 N–H and O–H groups in total. The molecule has 19 heavy (non-hydrogen) atoms. The molecule has 0 bridgehead atoms. The number of hydrogen-bond donors (Lipinski definition) is 1. The van der Waals surface area contributed by atoms with Crippen LogP contribution in [0.15, 0.2) is 18.2 Å². The lowest BCUT2D eigenvalue weighted by atomic mass is 10.2. The van der Waals surface area contributed by atoms with Crippen LogP contribution in [0.25, 0.3) is 10.1 Å². The van der Waals surface area contributed by atoms with Gasteiger partial charge in [0.2, 0.25) is 0 Å². The van der Waals surface area contributed by atoms with Gasteiger partial charge in [-0.05, 0) is 18.6 Å². The van der Waals surface area contributed by atoms with Gasteiger partial charge in [-0.1, -0.05) is 13.0 Å². The van der Waals surface area contributed by atoms with Crippen LogP contribution in [-0.4, -0.2) is 31.5 Å². The highest BCUT2D eigenvalue weighted by Gasteiger charge is 2.21. The first-order valence-corrected chi connectivity index (χ1v) is 7.02. The van der Waals surface area contributed by atoms with E-state index in [1.807, 2.05) is 25.1 Å². The van der Waals surface area contributed by atoms with Gasteiger partial charge in [0.1, 0.15) is 10.6 Å². The third kappa shape index (κ3) is 2.38. The van der Waals surface area contributed by atoms with E-state index in [1.54, 1.807) is 19.1 Å². The van der Waals surface area contributed by atoms with Crippen LogP contribution in [-0.2, 0) is 0 Å². The monoisotopic (exact) mass is 278 g/mol. The Morgan fingerprint density at radius 1 is 1.47 bits per heavy atom. The Balaban J connectivity index is 2.51. The molecular formula is C14H18N2O2S. The number of nitrogens with two attached hydrogens (primary N) is 1. The molecule has 1 amide bonds. The van der Waals surface area contributed by atoms with Crippen LogP contribution < -0.4 is 10.5 Å².